The van der Waals surface area contributed by atoms with Crippen LogP contribution in [-0.2, 0) is 6.54 Å². The fourth-order valence-corrected chi connectivity index (χ4v) is 3.42. The summed E-state index contributed by atoms with van der Waals surface area (Å²) in [6, 6.07) is 5.89. The Bertz CT molecular complexity index is 603. The van der Waals surface area contributed by atoms with Gasteiger partial charge in [-0.15, -0.1) is 12.4 Å². The van der Waals surface area contributed by atoms with E-state index in [4.69, 9.17) is 5.73 Å². The molecule has 1 atom stereocenters. The fourth-order valence-electron chi connectivity index (χ4n) is 2.71. The molecule has 1 aliphatic heterocycles. The SMILES string of the molecule is Cl.NCc1cc(C(=O)N2CCCC2c2ccsc2)ccn1. The van der Waals surface area contributed by atoms with Gasteiger partial charge in [0.15, 0.2) is 0 Å². The van der Waals surface area contributed by atoms with Gasteiger partial charge in [-0.05, 0) is 47.4 Å². The number of nitrogens with two attached hydrogens (primary N) is 1. The molecule has 0 radical (unpaired) electrons. The molecule has 1 aliphatic rings. The summed E-state index contributed by atoms with van der Waals surface area (Å²) < 4.78 is 0. The number of nitrogens with zero attached hydrogens (tertiary/aromatic N) is 2. The van der Waals surface area contributed by atoms with E-state index in [-0.39, 0.29) is 24.4 Å². The molecule has 0 aromatic carbocycles. The first kappa shape index (κ1) is 15.9. The first-order valence-electron chi connectivity index (χ1n) is 6.77. The van der Waals surface area contributed by atoms with Crippen LogP contribution in [0.5, 0.6) is 0 Å². The molecule has 1 saturated heterocycles. The Balaban J connectivity index is 0.00000161. The normalized spacial score (nSPS) is 17.6. The molecule has 1 amide bonds. The lowest BCUT2D eigenvalue weighted by Crippen LogP contribution is -2.30. The second-order valence-electron chi connectivity index (χ2n) is 4.95. The Kier molecular flexibility index (Phi) is 5.33. The van der Waals surface area contributed by atoms with E-state index in [1.54, 1.807) is 29.7 Å². The molecule has 0 bridgehead atoms. The van der Waals surface area contributed by atoms with Gasteiger partial charge < -0.3 is 10.6 Å². The highest BCUT2D eigenvalue weighted by Crippen LogP contribution is 2.34. The zero-order valence-corrected chi connectivity index (χ0v) is 13.2. The van der Waals surface area contributed by atoms with Crippen LogP contribution in [0.25, 0.3) is 0 Å². The molecule has 0 saturated carbocycles. The molecule has 3 rings (SSSR count). The number of rotatable bonds is 3. The van der Waals surface area contributed by atoms with Crippen molar-refractivity contribution in [2.45, 2.75) is 25.4 Å². The van der Waals surface area contributed by atoms with Gasteiger partial charge in [-0.2, -0.15) is 11.3 Å². The maximum absolute atomic E-state index is 12.7. The molecule has 0 aliphatic carbocycles. The second-order valence-corrected chi connectivity index (χ2v) is 5.73. The Morgan fingerprint density at radius 3 is 3.05 bits per heavy atom. The van der Waals surface area contributed by atoms with Crippen molar-refractivity contribution >= 4 is 29.7 Å². The van der Waals surface area contributed by atoms with E-state index >= 15 is 0 Å². The molecule has 1 fully saturated rings. The number of hydrogen-bond acceptors (Lipinski definition) is 4. The summed E-state index contributed by atoms with van der Waals surface area (Å²) in [5.41, 5.74) is 8.27. The highest BCUT2D eigenvalue weighted by Gasteiger charge is 2.30. The number of thiophene rings is 1. The van der Waals surface area contributed by atoms with Gasteiger partial charge in [-0.3, -0.25) is 9.78 Å². The topological polar surface area (TPSA) is 59.2 Å². The molecule has 4 nitrogen and oxygen atoms in total. The van der Waals surface area contributed by atoms with E-state index in [0.29, 0.717) is 12.1 Å². The van der Waals surface area contributed by atoms with Crippen LogP contribution in [0, 0.1) is 0 Å². The molecule has 2 N–H and O–H groups in total. The third kappa shape index (κ3) is 3.26. The van der Waals surface area contributed by atoms with Crippen LogP contribution in [-0.4, -0.2) is 22.3 Å². The molecule has 0 spiro atoms. The molecular weight excluding hydrogens is 306 g/mol. The van der Waals surface area contributed by atoms with Crippen LogP contribution in [0.3, 0.4) is 0 Å². The van der Waals surface area contributed by atoms with E-state index < -0.39 is 0 Å². The first-order valence-corrected chi connectivity index (χ1v) is 7.72. The molecule has 21 heavy (non-hydrogen) atoms. The van der Waals surface area contributed by atoms with E-state index in [9.17, 15) is 4.79 Å². The minimum Gasteiger partial charge on any atom is -0.332 e. The molecule has 112 valence electrons. The quantitative estimate of drug-likeness (QED) is 0.944. The molecule has 2 aromatic heterocycles. The lowest BCUT2D eigenvalue weighted by atomic mass is 10.1. The van der Waals surface area contributed by atoms with Crippen LogP contribution in [0.15, 0.2) is 35.2 Å². The van der Waals surface area contributed by atoms with Crippen molar-refractivity contribution in [3.63, 3.8) is 0 Å². The van der Waals surface area contributed by atoms with Crippen molar-refractivity contribution in [2.24, 2.45) is 5.73 Å². The number of aromatic nitrogens is 1. The zero-order valence-electron chi connectivity index (χ0n) is 11.6. The van der Waals surface area contributed by atoms with Crippen molar-refractivity contribution in [1.29, 1.82) is 0 Å². The van der Waals surface area contributed by atoms with Crippen LogP contribution in [0.1, 0.15) is 40.5 Å². The average molecular weight is 324 g/mol. The Morgan fingerprint density at radius 1 is 1.48 bits per heavy atom. The molecular formula is C15H18ClN3OS. The van der Waals surface area contributed by atoms with Gasteiger partial charge in [0.1, 0.15) is 0 Å². The summed E-state index contributed by atoms with van der Waals surface area (Å²) >= 11 is 1.68. The van der Waals surface area contributed by atoms with Gasteiger partial charge in [-0.25, -0.2) is 0 Å². The van der Waals surface area contributed by atoms with Gasteiger partial charge in [0.25, 0.3) is 5.91 Å². The van der Waals surface area contributed by atoms with E-state index in [1.165, 1.54) is 5.56 Å². The van der Waals surface area contributed by atoms with Crippen LogP contribution < -0.4 is 5.73 Å². The van der Waals surface area contributed by atoms with E-state index in [1.807, 2.05) is 4.90 Å². The Hall–Kier alpha value is -1.43. The average Bonchev–Trinajstić information content (AvgIpc) is 3.16. The summed E-state index contributed by atoms with van der Waals surface area (Å²) in [5, 5.41) is 4.20. The number of halogens is 1. The predicted molar refractivity (Wildman–Crippen MR) is 86.7 cm³/mol. The number of pyridine rings is 1. The maximum atomic E-state index is 12.7. The molecule has 2 aromatic rings. The van der Waals surface area contributed by atoms with Gasteiger partial charge in [0, 0.05) is 24.8 Å². The van der Waals surface area contributed by atoms with Crippen molar-refractivity contribution in [3.8, 4) is 0 Å². The van der Waals surface area contributed by atoms with Crippen LogP contribution in [0.2, 0.25) is 0 Å². The third-order valence-electron chi connectivity index (χ3n) is 3.71. The highest BCUT2D eigenvalue weighted by molar-refractivity contribution is 7.07. The summed E-state index contributed by atoms with van der Waals surface area (Å²) in [6.45, 7) is 1.18. The summed E-state index contributed by atoms with van der Waals surface area (Å²) in [6.07, 6.45) is 3.75. The molecule has 3 heterocycles. The molecule has 6 heteroatoms. The Morgan fingerprint density at radius 2 is 2.33 bits per heavy atom. The summed E-state index contributed by atoms with van der Waals surface area (Å²) in [4.78, 5) is 18.8. The van der Waals surface area contributed by atoms with Gasteiger partial charge >= 0.3 is 0 Å². The van der Waals surface area contributed by atoms with Gasteiger partial charge in [0.2, 0.25) is 0 Å². The van der Waals surface area contributed by atoms with E-state index in [0.717, 1.165) is 25.1 Å². The highest BCUT2D eigenvalue weighted by atomic mass is 35.5. The lowest BCUT2D eigenvalue weighted by Gasteiger charge is -2.24. The second kappa shape index (κ2) is 7.02. The number of hydrogen-bond donors (Lipinski definition) is 1. The van der Waals surface area contributed by atoms with Crippen molar-refractivity contribution in [1.82, 2.24) is 9.88 Å². The number of amides is 1. The monoisotopic (exact) mass is 323 g/mol. The van der Waals surface area contributed by atoms with Gasteiger partial charge in [-0.1, -0.05) is 0 Å². The number of carbonyl (C=O) groups is 1. The van der Waals surface area contributed by atoms with Crippen molar-refractivity contribution in [3.05, 3.63) is 52.0 Å². The smallest absolute Gasteiger partial charge is 0.254 e. The standard InChI is InChI=1S/C15H17N3OS.ClH/c16-9-13-8-11(3-5-17-13)15(19)18-6-1-2-14(18)12-4-7-20-10-12;/h3-5,7-8,10,14H,1-2,6,9,16H2;1H. The van der Waals surface area contributed by atoms with Gasteiger partial charge in [0.05, 0.1) is 11.7 Å². The fraction of sp³-hybridized carbons (Fsp3) is 0.333. The van der Waals surface area contributed by atoms with Crippen LogP contribution >= 0.6 is 23.7 Å². The summed E-state index contributed by atoms with van der Waals surface area (Å²) in [5.74, 6) is 0.0794. The lowest BCUT2D eigenvalue weighted by molar-refractivity contribution is 0.0735. The van der Waals surface area contributed by atoms with Crippen molar-refractivity contribution in [2.75, 3.05) is 6.54 Å². The summed E-state index contributed by atoms with van der Waals surface area (Å²) in [7, 11) is 0. The molecule has 1 unspecified atom stereocenters. The largest absolute Gasteiger partial charge is 0.332 e. The Labute approximate surface area is 134 Å². The number of carbonyl (C=O) groups excluding carboxylic acids is 1. The number of likely N-dealkylation sites (tertiary alicyclic amines) is 1. The maximum Gasteiger partial charge on any atom is 0.254 e. The zero-order chi connectivity index (χ0) is 13.9. The third-order valence-corrected chi connectivity index (χ3v) is 4.42. The van der Waals surface area contributed by atoms with Crippen molar-refractivity contribution < 1.29 is 4.79 Å². The first-order chi connectivity index (χ1) is 9.79. The minimum atomic E-state index is 0. The predicted octanol–water partition coefficient (Wildman–Crippen LogP) is 3.00. The van der Waals surface area contributed by atoms with E-state index in [2.05, 4.69) is 21.8 Å². The minimum absolute atomic E-state index is 0. The van der Waals surface area contributed by atoms with Crippen LogP contribution in [0.4, 0.5) is 0 Å².